The van der Waals surface area contributed by atoms with Crippen LogP contribution in [0.15, 0.2) is 0 Å². The van der Waals surface area contributed by atoms with Crippen molar-refractivity contribution in [2.24, 2.45) is 0 Å². The van der Waals surface area contributed by atoms with E-state index in [0.717, 1.165) is 37.9 Å². The number of carboxylic acids is 1. The van der Waals surface area contributed by atoms with E-state index in [1.54, 1.807) is 0 Å². The lowest BCUT2D eigenvalue weighted by Crippen LogP contribution is -2.37. The van der Waals surface area contributed by atoms with E-state index in [0.29, 0.717) is 6.42 Å². The molecule has 2 heterocycles. The van der Waals surface area contributed by atoms with E-state index >= 15 is 0 Å². The Labute approximate surface area is 110 Å². The summed E-state index contributed by atoms with van der Waals surface area (Å²) in [5, 5.41) is 8.58. The van der Waals surface area contributed by atoms with Crippen LogP contribution in [0.3, 0.4) is 0 Å². The third-order valence-electron chi connectivity index (χ3n) is 4.60. The molecule has 2 saturated heterocycles. The highest BCUT2D eigenvalue weighted by molar-refractivity contribution is 5.66. The van der Waals surface area contributed by atoms with Crippen molar-refractivity contribution in [1.29, 1.82) is 0 Å². The van der Waals surface area contributed by atoms with Gasteiger partial charge in [0, 0.05) is 25.0 Å². The lowest BCUT2D eigenvalue weighted by atomic mass is 10.1. The summed E-state index contributed by atoms with van der Waals surface area (Å²) in [4.78, 5) is 15.6. The number of unbranched alkanes of at least 4 members (excludes halogenated alkanes) is 2. The fraction of sp³-hybridized carbons (Fsp3) is 0.929. The van der Waals surface area contributed by atoms with Crippen molar-refractivity contribution in [1.82, 2.24) is 9.80 Å². The molecule has 0 aliphatic carbocycles. The van der Waals surface area contributed by atoms with Gasteiger partial charge in [-0.05, 0) is 52.2 Å². The Kier molecular flexibility index (Phi) is 5.01. The van der Waals surface area contributed by atoms with Gasteiger partial charge in [-0.3, -0.25) is 9.69 Å². The summed E-state index contributed by atoms with van der Waals surface area (Å²) in [6, 6.07) is 1.57. The number of hydrogen-bond donors (Lipinski definition) is 1. The van der Waals surface area contributed by atoms with E-state index in [-0.39, 0.29) is 0 Å². The standard InChI is InChI=1S/C14H26N2O2/c1-15-12-6-7-13(15)11-16(10-8-12)9-4-2-3-5-14(17)18/h12-13H,2-11H2,1H3,(H,17,18). The molecule has 2 unspecified atom stereocenters. The van der Waals surface area contributed by atoms with Crippen LogP contribution in [-0.2, 0) is 4.79 Å². The SMILES string of the molecule is CN1C2CCC1CN(CCCCCC(=O)O)CC2. The molecule has 104 valence electrons. The first-order chi connectivity index (χ1) is 8.66. The van der Waals surface area contributed by atoms with E-state index in [1.165, 1.54) is 32.4 Å². The molecule has 2 bridgehead atoms. The molecule has 2 rings (SSSR count). The Balaban J connectivity index is 1.63. The second-order valence-corrected chi connectivity index (χ2v) is 5.84. The van der Waals surface area contributed by atoms with Crippen molar-refractivity contribution in [3.63, 3.8) is 0 Å². The average Bonchev–Trinajstić information content (AvgIpc) is 2.55. The second kappa shape index (κ2) is 6.53. The average molecular weight is 254 g/mol. The topological polar surface area (TPSA) is 43.8 Å². The Morgan fingerprint density at radius 3 is 2.72 bits per heavy atom. The zero-order valence-corrected chi connectivity index (χ0v) is 11.5. The van der Waals surface area contributed by atoms with Gasteiger partial charge in [-0.1, -0.05) is 6.42 Å². The van der Waals surface area contributed by atoms with Crippen molar-refractivity contribution < 1.29 is 9.90 Å². The first kappa shape index (κ1) is 13.8. The largest absolute Gasteiger partial charge is 0.481 e. The molecular weight excluding hydrogens is 228 g/mol. The fourth-order valence-corrected chi connectivity index (χ4v) is 3.37. The summed E-state index contributed by atoms with van der Waals surface area (Å²) < 4.78 is 0. The fourth-order valence-electron chi connectivity index (χ4n) is 3.37. The molecule has 4 nitrogen and oxygen atoms in total. The molecule has 0 aromatic rings. The number of carboxylic acid groups (broad SMARTS) is 1. The molecule has 4 heteroatoms. The molecule has 2 aliphatic rings. The predicted molar refractivity (Wildman–Crippen MR) is 71.7 cm³/mol. The number of carbonyl (C=O) groups is 1. The molecule has 0 aromatic heterocycles. The number of hydrogen-bond acceptors (Lipinski definition) is 3. The normalized spacial score (nSPS) is 29.4. The minimum atomic E-state index is -0.663. The van der Waals surface area contributed by atoms with E-state index in [2.05, 4.69) is 16.8 Å². The van der Waals surface area contributed by atoms with Gasteiger partial charge in [-0.15, -0.1) is 0 Å². The maximum atomic E-state index is 10.4. The van der Waals surface area contributed by atoms with E-state index in [9.17, 15) is 4.79 Å². The highest BCUT2D eigenvalue weighted by Crippen LogP contribution is 2.28. The van der Waals surface area contributed by atoms with Gasteiger partial charge in [-0.2, -0.15) is 0 Å². The van der Waals surface area contributed by atoms with Crippen molar-refractivity contribution in [3.8, 4) is 0 Å². The summed E-state index contributed by atoms with van der Waals surface area (Å²) in [7, 11) is 2.28. The van der Waals surface area contributed by atoms with Crippen LogP contribution in [0.25, 0.3) is 0 Å². The van der Waals surface area contributed by atoms with E-state index < -0.39 is 5.97 Å². The summed E-state index contributed by atoms with van der Waals surface area (Å²) >= 11 is 0. The zero-order valence-electron chi connectivity index (χ0n) is 11.5. The lowest BCUT2D eigenvalue weighted by Gasteiger charge is -2.25. The second-order valence-electron chi connectivity index (χ2n) is 5.84. The third-order valence-corrected chi connectivity index (χ3v) is 4.60. The molecule has 0 amide bonds. The van der Waals surface area contributed by atoms with Crippen LogP contribution in [-0.4, -0.2) is 59.6 Å². The maximum absolute atomic E-state index is 10.4. The molecule has 2 fully saturated rings. The number of nitrogens with zero attached hydrogens (tertiary/aromatic N) is 2. The van der Waals surface area contributed by atoms with Gasteiger partial charge in [0.05, 0.1) is 0 Å². The van der Waals surface area contributed by atoms with Gasteiger partial charge < -0.3 is 10.0 Å². The maximum Gasteiger partial charge on any atom is 0.303 e. The van der Waals surface area contributed by atoms with Crippen LogP contribution in [0.5, 0.6) is 0 Å². The van der Waals surface area contributed by atoms with Gasteiger partial charge in [0.2, 0.25) is 0 Å². The van der Waals surface area contributed by atoms with Crippen LogP contribution in [0.4, 0.5) is 0 Å². The Morgan fingerprint density at radius 2 is 1.94 bits per heavy atom. The van der Waals surface area contributed by atoms with Crippen molar-refractivity contribution in [2.75, 3.05) is 26.7 Å². The molecule has 0 spiro atoms. The monoisotopic (exact) mass is 254 g/mol. The third kappa shape index (κ3) is 3.69. The van der Waals surface area contributed by atoms with Gasteiger partial charge in [0.15, 0.2) is 0 Å². The van der Waals surface area contributed by atoms with Crippen molar-refractivity contribution >= 4 is 5.97 Å². The molecule has 1 N–H and O–H groups in total. The number of aliphatic carboxylic acids is 1. The first-order valence-electron chi connectivity index (χ1n) is 7.33. The molecule has 18 heavy (non-hydrogen) atoms. The molecular formula is C14H26N2O2. The predicted octanol–water partition coefficient (Wildman–Crippen LogP) is 1.80. The molecule has 0 radical (unpaired) electrons. The Bertz CT molecular complexity index is 283. The van der Waals surface area contributed by atoms with Crippen LogP contribution < -0.4 is 0 Å². The van der Waals surface area contributed by atoms with Crippen LogP contribution in [0, 0.1) is 0 Å². The smallest absolute Gasteiger partial charge is 0.303 e. The highest BCUT2D eigenvalue weighted by Gasteiger charge is 2.34. The van der Waals surface area contributed by atoms with Gasteiger partial charge in [0.25, 0.3) is 0 Å². The van der Waals surface area contributed by atoms with Crippen LogP contribution >= 0.6 is 0 Å². The van der Waals surface area contributed by atoms with Gasteiger partial charge in [-0.25, -0.2) is 0 Å². The lowest BCUT2D eigenvalue weighted by molar-refractivity contribution is -0.137. The number of rotatable bonds is 6. The highest BCUT2D eigenvalue weighted by atomic mass is 16.4. The van der Waals surface area contributed by atoms with Crippen LogP contribution in [0.2, 0.25) is 0 Å². The summed E-state index contributed by atoms with van der Waals surface area (Å²) in [5.41, 5.74) is 0. The summed E-state index contributed by atoms with van der Waals surface area (Å²) in [5.74, 6) is -0.663. The van der Waals surface area contributed by atoms with Crippen molar-refractivity contribution in [3.05, 3.63) is 0 Å². The van der Waals surface area contributed by atoms with E-state index in [4.69, 9.17) is 5.11 Å². The minimum absolute atomic E-state index is 0.327. The number of likely N-dealkylation sites (tertiary alicyclic amines) is 1. The van der Waals surface area contributed by atoms with E-state index in [1.807, 2.05) is 0 Å². The minimum Gasteiger partial charge on any atom is -0.481 e. The Hall–Kier alpha value is -0.610. The zero-order chi connectivity index (χ0) is 13.0. The number of likely N-dealkylation sites (N-methyl/N-ethyl adjacent to an activating group) is 1. The molecule has 0 aromatic carbocycles. The summed E-state index contributed by atoms with van der Waals surface area (Å²) in [6.07, 6.45) is 7.40. The van der Waals surface area contributed by atoms with Crippen LogP contribution in [0.1, 0.15) is 44.9 Å². The van der Waals surface area contributed by atoms with Gasteiger partial charge in [0.1, 0.15) is 0 Å². The molecule has 2 atom stereocenters. The quantitative estimate of drug-likeness (QED) is 0.734. The summed E-state index contributed by atoms with van der Waals surface area (Å²) in [6.45, 7) is 3.59. The molecule has 2 aliphatic heterocycles. The molecule has 0 saturated carbocycles. The number of fused-ring (bicyclic) bond motifs is 2. The Morgan fingerprint density at radius 1 is 1.17 bits per heavy atom. The van der Waals surface area contributed by atoms with Crippen molar-refractivity contribution in [2.45, 2.75) is 57.0 Å². The first-order valence-corrected chi connectivity index (χ1v) is 7.33. The van der Waals surface area contributed by atoms with Gasteiger partial charge >= 0.3 is 5.97 Å².